The number of benzene rings is 1. The number of rotatable bonds is 5. The Morgan fingerprint density at radius 2 is 1.96 bits per heavy atom. The molecule has 4 heteroatoms. The van der Waals surface area contributed by atoms with Crippen LogP contribution in [-0.2, 0) is 4.79 Å². The van der Waals surface area contributed by atoms with Crippen LogP contribution < -0.4 is 5.32 Å². The fourth-order valence-electron chi connectivity index (χ4n) is 5.31. The van der Waals surface area contributed by atoms with Crippen molar-refractivity contribution >= 4 is 5.91 Å². The van der Waals surface area contributed by atoms with Crippen molar-refractivity contribution in [3.63, 3.8) is 0 Å². The Kier molecular flexibility index (Phi) is 4.60. The minimum Gasteiger partial charge on any atom is -0.352 e. The number of nitrogens with zero attached hydrogens (tertiary/aromatic N) is 2. The van der Waals surface area contributed by atoms with E-state index in [1.807, 2.05) is 11.6 Å². The molecule has 2 aromatic rings. The Balaban J connectivity index is 1.43. The second-order valence-corrected chi connectivity index (χ2v) is 8.21. The summed E-state index contributed by atoms with van der Waals surface area (Å²) in [5.74, 6) is 2.04. The van der Waals surface area contributed by atoms with Crippen LogP contribution in [0.4, 0.5) is 0 Å². The number of hydrogen-bond acceptors (Lipinski definition) is 2. The van der Waals surface area contributed by atoms with Gasteiger partial charge in [-0.3, -0.25) is 9.48 Å². The Hall–Kier alpha value is -2.10. The average molecular weight is 351 g/mol. The molecule has 2 fully saturated rings. The van der Waals surface area contributed by atoms with Crippen LogP contribution in [0.5, 0.6) is 0 Å². The largest absolute Gasteiger partial charge is 0.352 e. The average Bonchev–Trinajstić information content (AvgIpc) is 3.17. The molecule has 1 amide bonds. The van der Waals surface area contributed by atoms with Gasteiger partial charge in [0.2, 0.25) is 5.91 Å². The number of nitrogens with one attached hydrogen (secondary N) is 1. The molecule has 0 saturated heterocycles. The van der Waals surface area contributed by atoms with Crippen LogP contribution in [0, 0.1) is 25.7 Å². The van der Waals surface area contributed by atoms with Crippen LogP contribution in [0.1, 0.15) is 61.5 Å². The Morgan fingerprint density at radius 3 is 2.65 bits per heavy atom. The second-order valence-electron chi connectivity index (χ2n) is 8.21. The number of carbonyl (C=O) groups is 1. The third kappa shape index (κ3) is 3.06. The minimum atomic E-state index is 0.0818. The van der Waals surface area contributed by atoms with Crippen LogP contribution in [0.3, 0.4) is 0 Å². The van der Waals surface area contributed by atoms with Crippen molar-refractivity contribution in [1.29, 1.82) is 0 Å². The first-order valence-corrected chi connectivity index (χ1v) is 9.91. The van der Waals surface area contributed by atoms with Gasteiger partial charge in [-0.25, -0.2) is 0 Å². The smallest absolute Gasteiger partial charge is 0.222 e. The SMILES string of the molecule is Cc1cc(C)n([C@H](C)CC(=O)N[C@@H]2[C@@H]3CCC[C@@H]3[C@H]2c2ccccc2)n1. The molecule has 138 valence electrons. The van der Waals surface area contributed by atoms with E-state index in [-0.39, 0.29) is 11.9 Å². The fraction of sp³-hybridized carbons (Fsp3) is 0.545. The number of carbonyl (C=O) groups excluding carboxylic acids is 1. The van der Waals surface area contributed by atoms with E-state index in [9.17, 15) is 4.79 Å². The standard InChI is InChI=1S/C22H29N3O/c1-14-12-15(2)25(24-14)16(3)13-20(26)23-22-19-11-7-10-18(19)21(22)17-8-5-4-6-9-17/h4-6,8-9,12,16,18-19,21-22H,7,10-11,13H2,1-3H3,(H,23,26)/t16-,18+,19-,21-,22-/m1/s1. The molecule has 1 N–H and O–H groups in total. The molecule has 1 aromatic heterocycles. The first kappa shape index (κ1) is 17.3. The van der Waals surface area contributed by atoms with E-state index >= 15 is 0 Å². The number of aryl methyl sites for hydroxylation is 2. The van der Waals surface area contributed by atoms with Gasteiger partial charge in [-0.2, -0.15) is 5.10 Å². The lowest BCUT2D eigenvalue weighted by molar-refractivity contribution is -0.124. The molecule has 0 aliphatic heterocycles. The zero-order valence-corrected chi connectivity index (χ0v) is 16.0. The van der Waals surface area contributed by atoms with Gasteiger partial charge in [0.05, 0.1) is 11.7 Å². The highest BCUT2D eigenvalue weighted by Gasteiger charge is 2.53. The van der Waals surface area contributed by atoms with Gasteiger partial charge in [-0.1, -0.05) is 36.8 Å². The number of fused-ring (bicyclic) bond motifs is 1. The molecular formula is C22H29N3O. The van der Waals surface area contributed by atoms with Crippen LogP contribution in [0.2, 0.25) is 0 Å². The fourth-order valence-corrected chi connectivity index (χ4v) is 5.31. The topological polar surface area (TPSA) is 46.9 Å². The van der Waals surface area contributed by atoms with E-state index in [0.29, 0.717) is 24.3 Å². The molecule has 2 saturated carbocycles. The van der Waals surface area contributed by atoms with Gasteiger partial charge in [-0.05, 0) is 57.1 Å². The van der Waals surface area contributed by atoms with Gasteiger partial charge in [0.25, 0.3) is 0 Å². The predicted molar refractivity (Wildman–Crippen MR) is 103 cm³/mol. The van der Waals surface area contributed by atoms with Gasteiger partial charge in [0.1, 0.15) is 0 Å². The molecule has 0 radical (unpaired) electrons. The summed E-state index contributed by atoms with van der Waals surface area (Å²) in [7, 11) is 0. The van der Waals surface area contributed by atoms with Crippen LogP contribution in [0.25, 0.3) is 0 Å². The Bertz CT molecular complexity index is 782. The van der Waals surface area contributed by atoms with Crippen molar-refractivity contribution in [1.82, 2.24) is 15.1 Å². The van der Waals surface area contributed by atoms with Crippen molar-refractivity contribution in [2.24, 2.45) is 11.8 Å². The summed E-state index contributed by atoms with van der Waals surface area (Å²) >= 11 is 0. The van der Waals surface area contributed by atoms with Crippen molar-refractivity contribution in [3.05, 3.63) is 53.3 Å². The Labute approximate surface area is 156 Å². The summed E-state index contributed by atoms with van der Waals surface area (Å²) in [6.45, 7) is 6.12. The quantitative estimate of drug-likeness (QED) is 0.880. The monoisotopic (exact) mass is 351 g/mol. The zero-order valence-electron chi connectivity index (χ0n) is 16.0. The van der Waals surface area contributed by atoms with Gasteiger partial charge < -0.3 is 5.32 Å². The van der Waals surface area contributed by atoms with E-state index in [0.717, 1.165) is 17.3 Å². The van der Waals surface area contributed by atoms with Gasteiger partial charge >= 0.3 is 0 Å². The van der Waals surface area contributed by atoms with E-state index < -0.39 is 0 Å². The lowest BCUT2D eigenvalue weighted by Crippen LogP contribution is -2.56. The maximum absolute atomic E-state index is 12.8. The third-order valence-electron chi connectivity index (χ3n) is 6.39. The second kappa shape index (κ2) is 6.90. The van der Waals surface area contributed by atoms with Crippen LogP contribution in [-0.4, -0.2) is 21.7 Å². The van der Waals surface area contributed by atoms with Gasteiger partial charge in [0, 0.05) is 24.1 Å². The maximum Gasteiger partial charge on any atom is 0.222 e. The summed E-state index contributed by atoms with van der Waals surface area (Å²) in [5, 5.41) is 7.91. The van der Waals surface area contributed by atoms with E-state index in [1.165, 1.54) is 24.8 Å². The Morgan fingerprint density at radius 1 is 1.23 bits per heavy atom. The first-order valence-electron chi connectivity index (χ1n) is 9.91. The maximum atomic E-state index is 12.8. The molecular weight excluding hydrogens is 322 g/mol. The molecule has 4 nitrogen and oxygen atoms in total. The normalized spacial score (nSPS) is 28.3. The summed E-state index contributed by atoms with van der Waals surface area (Å²) in [5.41, 5.74) is 3.50. The predicted octanol–water partition coefficient (Wildman–Crippen LogP) is 4.15. The molecule has 26 heavy (non-hydrogen) atoms. The highest BCUT2D eigenvalue weighted by molar-refractivity contribution is 5.77. The van der Waals surface area contributed by atoms with E-state index in [2.05, 4.69) is 60.7 Å². The summed E-state index contributed by atoms with van der Waals surface area (Å²) < 4.78 is 1.97. The summed E-state index contributed by atoms with van der Waals surface area (Å²) in [4.78, 5) is 12.8. The lowest BCUT2D eigenvalue weighted by atomic mass is 9.60. The molecule has 0 unspecified atom stereocenters. The van der Waals surface area contributed by atoms with E-state index in [1.54, 1.807) is 0 Å². The van der Waals surface area contributed by atoms with E-state index in [4.69, 9.17) is 0 Å². The van der Waals surface area contributed by atoms with Crippen molar-refractivity contribution in [2.45, 2.75) is 64.5 Å². The van der Waals surface area contributed by atoms with Crippen molar-refractivity contribution < 1.29 is 4.79 Å². The first-order chi connectivity index (χ1) is 12.5. The number of hydrogen-bond donors (Lipinski definition) is 1. The van der Waals surface area contributed by atoms with Crippen LogP contribution >= 0.6 is 0 Å². The molecule has 0 bridgehead atoms. The molecule has 1 aromatic carbocycles. The molecule has 2 aliphatic carbocycles. The summed E-state index contributed by atoms with van der Waals surface area (Å²) in [6.07, 6.45) is 4.34. The number of aromatic nitrogens is 2. The third-order valence-corrected chi connectivity index (χ3v) is 6.39. The molecule has 4 rings (SSSR count). The molecule has 5 atom stereocenters. The molecule has 0 spiro atoms. The van der Waals surface area contributed by atoms with Crippen molar-refractivity contribution in [3.8, 4) is 0 Å². The summed E-state index contributed by atoms with van der Waals surface area (Å²) in [6, 6.07) is 13.2. The van der Waals surface area contributed by atoms with Crippen molar-refractivity contribution in [2.75, 3.05) is 0 Å². The minimum absolute atomic E-state index is 0.0818. The van der Waals surface area contributed by atoms with Crippen LogP contribution in [0.15, 0.2) is 36.4 Å². The zero-order chi connectivity index (χ0) is 18.3. The highest BCUT2D eigenvalue weighted by Crippen LogP contribution is 2.55. The van der Waals surface area contributed by atoms with Gasteiger partial charge in [-0.15, -0.1) is 0 Å². The molecule has 1 heterocycles. The lowest BCUT2D eigenvalue weighted by Gasteiger charge is -2.50. The highest BCUT2D eigenvalue weighted by atomic mass is 16.1. The number of amides is 1. The van der Waals surface area contributed by atoms with Gasteiger partial charge in [0.15, 0.2) is 0 Å². The molecule has 2 aliphatic rings.